The van der Waals surface area contributed by atoms with E-state index in [0.29, 0.717) is 5.56 Å². The van der Waals surface area contributed by atoms with Gasteiger partial charge in [0, 0.05) is 17.7 Å². The Labute approximate surface area is 74.2 Å². The maximum atomic E-state index is 8.24. The van der Waals surface area contributed by atoms with E-state index in [1.54, 1.807) is 24.5 Å². The molecule has 2 heterocycles. The van der Waals surface area contributed by atoms with E-state index in [0.717, 1.165) is 11.0 Å². The molecule has 0 fully saturated rings. The third kappa shape index (κ3) is 1.33. The second-order valence-corrected chi connectivity index (χ2v) is 2.39. The molecule has 0 bridgehead atoms. The summed E-state index contributed by atoms with van der Waals surface area (Å²) in [6.45, 7) is 0. The predicted molar refractivity (Wildman–Crippen MR) is 46.4 cm³/mol. The van der Waals surface area contributed by atoms with Gasteiger partial charge < -0.3 is 0 Å². The van der Waals surface area contributed by atoms with E-state index in [4.69, 9.17) is 5.26 Å². The standard InChI is InChI=1S/C9H4N4/c10-3-1-2-7-4-8-9(11-5-7)6-12-13-8/h4-6H,(H,12,13). The van der Waals surface area contributed by atoms with Crippen molar-refractivity contribution in [2.45, 2.75) is 0 Å². The topological polar surface area (TPSA) is 65.4 Å². The molecule has 60 valence electrons. The number of fused-ring (bicyclic) bond motifs is 1. The third-order valence-corrected chi connectivity index (χ3v) is 1.55. The molecule has 2 aromatic rings. The lowest BCUT2D eigenvalue weighted by molar-refractivity contribution is 1.12. The van der Waals surface area contributed by atoms with Crippen LogP contribution in [0.2, 0.25) is 0 Å². The lowest BCUT2D eigenvalue weighted by Crippen LogP contribution is -1.78. The summed E-state index contributed by atoms with van der Waals surface area (Å²) in [6, 6.07) is 3.55. The summed E-state index contributed by atoms with van der Waals surface area (Å²) in [5.41, 5.74) is 2.32. The number of pyridine rings is 1. The average molecular weight is 168 g/mol. The van der Waals surface area contributed by atoms with E-state index in [1.807, 2.05) is 0 Å². The first kappa shape index (κ1) is 7.33. The van der Waals surface area contributed by atoms with Crippen LogP contribution in [-0.2, 0) is 0 Å². The Kier molecular flexibility index (Phi) is 1.67. The van der Waals surface area contributed by atoms with Crippen LogP contribution >= 0.6 is 0 Å². The maximum absolute atomic E-state index is 8.24. The highest BCUT2D eigenvalue weighted by molar-refractivity contribution is 5.74. The molecule has 0 atom stereocenters. The Balaban J connectivity index is 2.56. The number of rotatable bonds is 0. The van der Waals surface area contributed by atoms with Gasteiger partial charge in [0.05, 0.1) is 11.7 Å². The molecule has 0 aliphatic rings. The molecule has 0 amide bonds. The Morgan fingerprint density at radius 3 is 3.15 bits per heavy atom. The van der Waals surface area contributed by atoms with Gasteiger partial charge in [0.25, 0.3) is 0 Å². The molecular weight excluding hydrogens is 164 g/mol. The molecule has 4 heteroatoms. The number of nitrogens with zero attached hydrogens (tertiary/aromatic N) is 3. The summed E-state index contributed by atoms with van der Waals surface area (Å²) in [5.74, 6) is 4.96. The van der Waals surface area contributed by atoms with Gasteiger partial charge in [-0.05, 0) is 12.0 Å². The van der Waals surface area contributed by atoms with E-state index in [9.17, 15) is 0 Å². The van der Waals surface area contributed by atoms with E-state index in [1.165, 1.54) is 0 Å². The molecular formula is C9H4N4. The second-order valence-electron chi connectivity index (χ2n) is 2.39. The van der Waals surface area contributed by atoms with Crippen LogP contribution in [0.1, 0.15) is 5.56 Å². The molecule has 0 radical (unpaired) electrons. The molecule has 0 spiro atoms. The van der Waals surface area contributed by atoms with Crippen LogP contribution in [0.4, 0.5) is 0 Å². The van der Waals surface area contributed by atoms with Crippen LogP contribution in [0, 0.1) is 23.2 Å². The van der Waals surface area contributed by atoms with Crippen molar-refractivity contribution in [2.24, 2.45) is 0 Å². The Morgan fingerprint density at radius 1 is 1.38 bits per heavy atom. The van der Waals surface area contributed by atoms with Crippen molar-refractivity contribution >= 4 is 11.0 Å². The van der Waals surface area contributed by atoms with Gasteiger partial charge in [-0.3, -0.25) is 10.1 Å². The molecule has 2 rings (SSSR count). The highest BCUT2D eigenvalue weighted by Crippen LogP contribution is 2.07. The number of aromatic nitrogens is 3. The maximum Gasteiger partial charge on any atom is 0.152 e. The first-order valence-electron chi connectivity index (χ1n) is 3.59. The molecule has 0 saturated heterocycles. The summed E-state index contributed by atoms with van der Waals surface area (Å²) < 4.78 is 0. The number of nitrogens with one attached hydrogen (secondary N) is 1. The number of hydrogen-bond donors (Lipinski definition) is 1. The summed E-state index contributed by atoms with van der Waals surface area (Å²) >= 11 is 0. The minimum Gasteiger partial charge on any atom is -0.276 e. The molecule has 13 heavy (non-hydrogen) atoms. The number of aromatic amines is 1. The molecule has 0 saturated carbocycles. The van der Waals surface area contributed by atoms with E-state index in [-0.39, 0.29) is 0 Å². The van der Waals surface area contributed by atoms with Crippen LogP contribution < -0.4 is 0 Å². The fraction of sp³-hybridized carbons (Fsp3) is 0. The van der Waals surface area contributed by atoms with E-state index >= 15 is 0 Å². The zero-order chi connectivity index (χ0) is 9.10. The summed E-state index contributed by atoms with van der Waals surface area (Å²) in [6.07, 6.45) is 3.25. The molecule has 0 unspecified atom stereocenters. The largest absolute Gasteiger partial charge is 0.276 e. The van der Waals surface area contributed by atoms with Gasteiger partial charge in [-0.25, -0.2) is 0 Å². The zero-order valence-electron chi connectivity index (χ0n) is 6.57. The fourth-order valence-corrected chi connectivity index (χ4v) is 0.999. The molecule has 1 N–H and O–H groups in total. The smallest absolute Gasteiger partial charge is 0.152 e. The van der Waals surface area contributed by atoms with Gasteiger partial charge in [-0.1, -0.05) is 0 Å². The van der Waals surface area contributed by atoms with Gasteiger partial charge in [-0.15, -0.1) is 0 Å². The second kappa shape index (κ2) is 2.96. The van der Waals surface area contributed by atoms with Gasteiger partial charge in [0.15, 0.2) is 6.07 Å². The highest BCUT2D eigenvalue weighted by atomic mass is 15.1. The minimum atomic E-state index is 0.707. The Morgan fingerprint density at radius 2 is 2.31 bits per heavy atom. The molecule has 4 nitrogen and oxygen atoms in total. The molecule has 0 aliphatic heterocycles. The average Bonchev–Trinajstić information content (AvgIpc) is 2.61. The van der Waals surface area contributed by atoms with Crippen molar-refractivity contribution < 1.29 is 0 Å². The van der Waals surface area contributed by atoms with Gasteiger partial charge >= 0.3 is 0 Å². The zero-order valence-corrected chi connectivity index (χ0v) is 6.57. The lowest BCUT2D eigenvalue weighted by Gasteiger charge is -1.88. The lowest BCUT2D eigenvalue weighted by atomic mass is 10.2. The number of nitriles is 1. The van der Waals surface area contributed by atoms with Crippen molar-refractivity contribution in [3.63, 3.8) is 0 Å². The van der Waals surface area contributed by atoms with Crippen LogP contribution in [0.5, 0.6) is 0 Å². The van der Waals surface area contributed by atoms with Gasteiger partial charge in [-0.2, -0.15) is 10.4 Å². The molecule has 2 aromatic heterocycles. The highest BCUT2D eigenvalue weighted by Gasteiger charge is 1.96. The fourth-order valence-electron chi connectivity index (χ4n) is 0.999. The summed E-state index contributed by atoms with van der Waals surface area (Å²) in [4.78, 5) is 4.09. The number of hydrogen-bond acceptors (Lipinski definition) is 3. The molecule has 0 aliphatic carbocycles. The quantitative estimate of drug-likeness (QED) is 0.592. The minimum absolute atomic E-state index is 0.707. The molecule has 0 aromatic carbocycles. The van der Waals surface area contributed by atoms with Crippen molar-refractivity contribution in [1.82, 2.24) is 15.2 Å². The van der Waals surface area contributed by atoms with Crippen LogP contribution in [0.25, 0.3) is 11.0 Å². The monoisotopic (exact) mass is 168 g/mol. The van der Waals surface area contributed by atoms with E-state index in [2.05, 4.69) is 27.0 Å². The Hall–Kier alpha value is -2.33. The summed E-state index contributed by atoms with van der Waals surface area (Å²) in [7, 11) is 0. The predicted octanol–water partition coefficient (Wildman–Crippen LogP) is 0.833. The SMILES string of the molecule is N#CC#Cc1cnc2cn[nH]c2c1. The first-order valence-corrected chi connectivity index (χ1v) is 3.59. The Bertz CT molecular complexity index is 536. The van der Waals surface area contributed by atoms with Gasteiger partial charge in [0.2, 0.25) is 0 Å². The van der Waals surface area contributed by atoms with Crippen LogP contribution in [-0.4, -0.2) is 15.2 Å². The van der Waals surface area contributed by atoms with Crippen molar-refractivity contribution in [1.29, 1.82) is 5.26 Å². The normalized spacial score (nSPS) is 8.85. The van der Waals surface area contributed by atoms with Gasteiger partial charge in [0.1, 0.15) is 5.52 Å². The van der Waals surface area contributed by atoms with Crippen molar-refractivity contribution in [3.8, 4) is 17.9 Å². The first-order chi connectivity index (χ1) is 6.40. The van der Waals surface area contributed by atoms with Crippen LogP contribution in [0.15, 0.2) is 18.5 Å². The van der Waals surface area contributed by atoms with Crippen LogP contribution in [0.3, 0.4) is 0 Å². The summed E-state index contributed by atoms with van der Waals surface area (Å²) in [5, 5.41) is 14.8. The third-order valence-electron chi connectivity index (χ3n) is 1.55. The van der Waals surface area contributed by atoms with Crippen molar-refractivity contribution in [2.75, 3.05) is 0 Å². The van der Waals surface area contributed by atoms with E-state index < -0.39 is 0 Å². The number of H-pyrrole nitrogens is 1. The van der Waals surface area contributed by atoms with Crippen molar-refractivity contribution in [3.05, 3.63) is 24.0 Å².